The van der Waals surface area contributed by atoms with Crippen molar-refractivity contribution in [3.63, 3.8) is 0 Å². The average Bonchev–Trinajstić information content (AvgIpc) is 3.29. The van der Waals surface area contributed by atoms with Crippen LogP contribution < -0.4 is 5.32 Å². The molecule has 3 rings (SSSR count). The quantitative estimate of drug-likeness (QED) is 0.888. The molecular formula is C16H16FN3O2. The van der Waals surface area contributed by atoms with Gasteiger partial charge in [0, 0.05) is 18.0 Å². The second kappa shape index (κ2) is 5.71. The number of rotatable bonds is 5. The van der Waals surface area contributed by atoms with E-state index in [0.717, 1.165) is 5.56 Å². The molecule has 22 heavy (non-hydrogen) atoms. The van der Waals surface area contributed by atoms with Crippen LogP contribution in [0.4, 0.5) is 10.2 Å². The van der Waals surface area contributed by atoms with E-state index in [1.54, 1.807) is 24.5 Å². The molecule has 0 amide bonds. The summed E-state index contributed by atoms with van der Waals surface area (Å²) in [6, 6.07) is 4.95. The number of carboxylic acid groups (broad SMARTS) is 1. The molecule has 2 aromatic rings. The van der Waals surface area contributed by atoms with E-state index in [1.165, 1.54) is 6.07 Å². The summed E-state index contributed by atoms with van der Waals surface area (Å²) in [6.07, 6.45) is 3.76. The van der Waals surface area contributed by atoms with Gasteiger partial charge < -0.3 is 10.4 Å². The molecule has 0 bridgehead atoms. The predicted molar refractivity (Wildman–Crippen MR) is 79.0 cm³/mol. The molecule has 1 saturated carbocycles. The van der Waals surface area contributed by atoms with Gasteiger partial charge in [-0.2, -0.15) is 0 Å². The van der Waals surface area contributed by atoms with Crippen molar-refractivity contribution in [1.29, 1.82) is 0 Å². The summed E-state index contributed by atoms with van der Waals surface area (Å²) in [5.74, 6) is -0.881. The summed E-state index contributed by atoms with van der Waals surface area (Å²) in [7, 11) is 0. The van der Waals surface area contributed by atoms with Crippen molar-refractivity contribution in [2.45, 2.75) is 25.8 Å². The SMILES string of the molecule is Cc1ccc(F)c(CNc2cnc([C@@H]3C[C@H]3C(=O)O)cn2)c1. The topological polar surface area (TPSA) is 75.1 Å². The van der Waals surface area contributed by atoms with Gasteiger partial charge in [-0.3, -0.25) is 9.78 Å². The minimum absolute atomic E-state index is 0.0340. The molecule has 0 spiro atoms. The summed E-state index contributed by atoms with van der Waals surface area (Å²) in [4.78, 5) is 19.3. The molecule has 0 radical (unpaired) electrons. The normalized spacial score (nSPS) is 19.7. The van der Waals surface area contributed by atoms with E-state index in [2.05, 4.69) is 15.3 Å². The first-order valence-corrected chi connectivity index (χ1v) is 7.08. The van der Waals surface area contributed by atoms with Crippen LogP contribution in [-0.2, 0) is 11.3 Å². The molecular weight excluding hydrogens is 285 g/mol. The Bertz CT molecular complexity index is 703. The van der Waals surface area contributed by atoms with Crippen LogP contribution in [0.15, 0.2) is 30.6 Å². The Kier molecular flexibility index (Phi) is 3.75. The van der Waals surface area contributed by atoms with Gasteiger partial charge in [-0.15, -0.1) is 0 Å². The molecule has 0 saturated heterocycles. The van der Waals surface area contributed by atoms with Gasteiger partial charge in [0.15, 0.2) is 0 Å². The molecule has 1 aliphatic rings. The molecule has 1 aliphatic carbocycles. The highest BCUT2D eigenvalue weighted by molar-refractivity contribution is 5.75. The van der Waals surface area contributed by atoms with E-state index in [9.17, 15) is 9.18 Å². The van der Waals surface area contributed by atoms with Crippen molar-refractivity contribution < 1.29 is 14.3 Å². The van der Waals surface area contributed by atoms with Gasteiger partial charge in [-0.1, -0.05) is 17.7 Å². The number of carbonyl (C=O) groups is 1. The standard InChI is InChI=1S/C16H16FN3O2/c1-9-2-3-13(17)10(4-9)6-19-15-8-18-14(7-20-15)11-5-12(11)16(21)22/h2-4,7-8,11-12H,5-6H2,1H3,(H,19,20)(H,21,22)/t11-,12-/m1/s1. The van der Waals surface area contributed by atoms with Crippen LogP contribution in [0.25, 0.3) is 0 Å². The predicted octanol–water partition coefficient (Wildman–Crippen LogP) is 2.72. The molecule has 1 aromatic carbocycles. The van der Waals surface area contributed by atoms with Gasteiger partial charge in [-0.05, 0) is 19.4 Å². The van der Waals surface area contributed by atoms with Crippen LogP contribution in [0, 0.1) is 18.7 Å². The fraction of sp³-hybridized carbons (Fsp3) is 0.312. The number of nitrogens with one attached hydrogen (secondary N) is 1. The third kappa shape index (κ3) is 3.05. The lowest BCUT2D eigenvalue weighted by Crippen LogP contribution is -2.05. The number of hydrogen-bond acceptors (Lipinski definition) is 4. The fourth-order valence-corrected chi connectivity index (χ4v) is 2.44. The van der Waals surface area contributed by atoms with Gasteiger partial charge in [-0.25, -0.2) is 9.37 Å². The van der Waals surface area contributed by atoms with Crippen molar-refractivity contribution >= 4 is 11.8 Å². The molecule has 5 nitrogen and oxygen atoms in total. The number of hydrogen-bond donors (Lipinski definition) is 2. The second-order valence-corrected chi connectivity index (χ2v) is 5.56. The second-order valence-electron chi connectivity index (χ2n) is 5.56. The van der Waals surface area contributed by atoms with Crippen LogP contribution in [0.1, 0.15) is 29.2 Å². The van der Waals surface area contributed by atoms with Gasteiger partial charge in [0.25, 0.3) is 0 Å². The first-order valence-electron chi connectivity index (χ1n) is 7.08. The Balaban J connectivity index is 1.62. The molecule has 1 heterocycles. The van der Waals surface area contributed by atoms with Crippen molar-refractivity contribution in [2.24, 2.45) is 5.92 Å². The van der Waals surface area contributed by atoms with E-state index in [4.69, 9.17) is 5.11 Å². The van der Waals surface area contributed by atoms with Crippen LogP contribution >= 0.6 is 0 Å². The summed E-state index contributed by atoms with van der Waals surface area (Å²) < 4.78 is 13.6. The van der Waals surface area contributed by atoms with Gasteiger partial charge >= 0.3 is 5.97 Å². The number of nitrogens with zero attached hydrogens (tertiary/aromatic N) is 2. The monoisotopic (exact) mass is 301 g/mol. The molecule has 1 aromatic heterocycles. The lowest BCUT2D eigenvalue weighted by molar-refractivity contribution is -0.138. The Morgan fingerprint density at radius 2 is 2.23 bits per heavy atom. The lowest BCUT2D eigenvalue weighted by atomic mass is 10.1. The Morgan fingerprint density at radius 3 is 2.86 bits per heavy atom. The van der Waals surface area contributed by atoms with Crippen molar-refractivity contribution in [3.05, 3.63) is 53.2 Å². The highest BCUT2D eigenvalue weighted by Crippen LogP contribution is 2.46. The van der Waals surface area contributed by atoms with E-state index in [-0.39, 0.29) is 17.7 Å². The molecule has 1 fully saturated rings. The third-order valence-electron chi connectivity index (χ3n) is 3.82. The highest BCUT2D eigenvalue weighted by atomic mass is 19.1. The maximum absolute atomic E-state index is 13.6. The molecule has 114 valence electrons. The zero-order valence-electron chi connectivity index (χ0n) is 12.1. The number of halogens is 1. The molecule has 2 atom stereocenters. The number of aliphatic carboxylic acids is 1. The fourth-order valence-electron chi connectivity index (χ4n) is 2.44. The van der Waals surface area contributed by atoms with Gasteiger partial charge in [0.1, 0.15) is 11.6 Å². The van der Waals surface area contributed by atoms with Crippen molar-refractivity contribution in [2.75, 3.05) is 5.32 Å². The molecule has 0 aliphatic heterocycles. The first kappa shape index (κ1) is 14.4. The number of aryl methyl sites for hydroxylation is 1. The number of anilines is 1. The summed E-state index contributed by atoms with van der Waals surface area (Å²) >= 11 is 0. The zero-order chi connectivity index (χ0) is 15.7. The summed E-state index contributed by atoms with van der Waals surface area (Å²) in [5.41, 5.74) is 2.26. The van der Waals surface area contributed by atoms with Crippen LogP contribution in [0.5, 0.6) is 0 Å². The average molecular weight is 301 g/mol. The summed E-state index contributed by atoms with van der Waals surface area (Å²) in [6.45, 7) is 2.23. The first-order chi connectivity index (χ1) is 10.5. The lowest BCUT2D eigenvalue weighted by Gasteiger charge is -2.08. The molecule has 0 unspecified atom stereocenters. The van der Waals surface area contributed by atoms with E-state index >= 15 is 0 Å². The Labute approximate surface area is 127 Å². The van der Waals surface area contributed by atoms with Crippen molar-refractivity contribution in [1.82, 2.24) is 9.97 Å². The van der Waals surface area contributed by atoms with Gasteiger partial charge in [0.2, 0.25) is 0 Å². The minimum Gasteiger partial charge on any atom is -0.481 e. The Morgan fingerprint density at radius 1 is 1.41 bits per heavy atom. The molecule has 6 heteroatoms. The number of aromatic nitrogens is 2. The van der Waals surface area contributed by atoms with Gasteiger partial charge in [0.05, 0.1) is 24.0 Å². The molecule has 2 N–H and O–H groups in total. The highest BCUT2D eigenvalue weighted by Gasteiger charge is 2.45. The maximum Gasteiger partial charge on any atom is 0.307 e. The minimum atomic E-state index is -0.788. The van der Waals surface area contributed by atoms with Crippen LogP contribution in [0.3, 0.4) is 0 Å². The Hall–Kier alpha value is -2.50. The zero-order valence-corrected chi connectivity index (χ0v) is 12.1. The smallest absolute Gasteiger partial charge is 0.307 e. The number of carboxylic acids is 1. The largest absolute Gasteiger partial charge is 0.481 e. The van der Waals surface area contributed by atoms with E-state index in [0.29, 0.717) is 30.0 Å². The van der Waals surface area contributed by atoms with Crippen LogP contribution in [0.2, 0.25) is 0 Å². The van der Waals surface area contributed by atoms with E-state index in [1.807, 2.05) is 6.92 Å². The maximum atomic E-state index is 13.6. The number of benzene rings is 1. The third-order valence-corrected chi connectivity index (χ3v) is 3.82. The van der Waals surface area contributed by atoms with E-state index < -0.39 is 5.97 Å². The van der Waals surface area contributed by atoms with Crippen molar-refractivity contribution in [3.8, 4) is 0 Å². The summed E-state index contributed by atoms with van der Waals surface area (Å²) in [5, 5.41) is 11.9. The van der Waals surface area contributed by atoms with Crippen LogP contribution in [-0.4, -0.2) is 21.0 Å².